The Morgan fingerprint density at radius 3 is 2.35 bits per heavy atom. The molecule has 124 valence electrons. The summed E-state index contributed by atoms with van der Waals surface area (Å²) in [4.78, 5) is 45.8. The van der Waals surface area contributed by atoms with E-state index in [1.165, 1.54) is 0 Å². The third kappa shape index (κ3) is 5.90. The monoisotopic (exact) mass is 320 g/mol. The van der Waals surface area contributed by atoms with E-state index in [2.05, 4.69) is 10.6 Å². The van der Waals surface area contributed by atoms with E-state index in [1.807, 2.05) is 0 Å². The first-order valence-corrected chi connectivity index (χ1v) is 7.30. The largest absolute Gasteiger partial charge is 0.480 e. The molecule has 0 fully saturated rings. The van der Waals surface area contributed by atoms with Gasteiger partial charge in [-0.1, -0.05) is 43.7 Å². The lowest BCUT2D eigenvalue weighted by atomic mass is 10.0. The Hall–Kier alpha value is -2.70. The van der Waals surface area contributed by atoms with E-state index in [0.29, 0.717) is 19.3 Å². The fourth-order valence-corrected chi connectivity index (χ4v) is 2.10. The average molecular weight is 320 g/mol. The number of carbonyl (C=O) groups is 4. The van der Waals surface area contributed by atoms with Gasteiger partial charge in [0, 0.05) is 6.42 Å². The Kier molecular flexibility index (Phi) is 7.45. The highest BCUT2D eigenvalue weighted by Crippen LogP contribution is 2.04. The molecule has 0 radical (unpaired) electrons. The summed E-state index contributed by atoms with van der Waals surface area (Å²) in [5.41, 5.74) is 0.726. The smallest absolute Gasteiger partial charge is 0.326 e. The lowest BCUT2D eigenvalue weighted by molar-refractivity contribution is -0.145. The molecule has 0 aliphatic rings. The van der Waals surface area contributed by atoms with Crippen LogP contribution in [-0.4, -0.2) is 41.3 Å². The fourth-order valence-electron chi connectivity index (χ4n) is 2.10. The van der Waals surface area contributed by atoms with Crippen molar-refractivity contribution in [3.05, 3.63) is 35.9 Å². The number of amides is 2. The van der Waals surface area contributed by atoms with E-state index in [4.69, 9.17) is 0 Å². The number of nitrogens with one attached hydrogen (secondary N) is 2. The maximum Gasteiger partial charge on any atom is 0.326 e. The van der Waals surface area contributed by atoms with E-state index in [9.17, 15) is 24.3 Å². The second-order valence-electron chi connectivity index (χ2n) is 5.04. The van der Waals surface area contributed by atoms with Gasteiger partial charge in [-0.3, -0.25) is 14.4 Å². The van der Waals surface area contributed by atoms with E-state index >= 15 is 0 Å². The van der Waals surface area contributed by atoms with Gasteiger partial charge in [0.15, 0.2) is 0 Å². The second kappa shape index (κ2) is 9.34. The molecule has 2 atom stereocenters. The molecule has 1 unspecified atom stereocenters. The predicted octanol–water partition coefficient (Wildman–Crippen LogP) is 0.282. The van der Waals surface area contributed by atoms with Gasteiger partial charge in [0.25, 0.3) is 5.91 Å². The van der Waals surface area contributed by atoms with Gasteiger partial charge in [-0.25, -0.2) is 4.79 Å². The number of carboxylic acids is 1. The van der Waals surface area contributed by atoms with Crippen molar-refractivity contribution in [2.45, 2.75) is 38.3 Å². The molecule has 1 aromatic rings. The molecule has 1 rings (SSSR count). The molecule has 0 bridgehead atoms. The molecule has 0 saturated carbocycles. The molecular weight excluding hydrogens is 300 g/mol. The summed E-state index contributed by atoms with van der Waals surface area (Å²) in [7, 11) is 0. The van der Waals surface area contributed by atoms with Crippen LogP contribution in [0.1, 0.15) is 25.3 Å². The van der Waals surface area contributed by atoms with Gasteiger partial charge < -0.3 is 15.7 Å². The van der Waals surface area contributed by atoms with E-state index < -0.39 is 29.7 Å². The molecule has 0 spiro atoms. The van der Waals surface area contributed by atoms with Gasteiger partial charge in [-0.05, 0) is 12.0 Å². The summed E-state index contributed by atoms with van der Waals surface area (Å²) >= 11 is 0. The summed E-state index contributed by atoms with van der Waals surface area (Å²) in [5.74, 6) is -3.09. The predicted molar refractivity (Wildman–Crippen MR) is 82.6 cm³/mol. The number of hydrogen-bond donors (Lipinski definition) is 3. The number of carboxylic acid groups (broad SMARTS) is 1. The summed E-state index contributed by atoms with van der Waals surface area (Å²) in [6.07, 6.45) is 1.32. The quantitative estimate of drug-likeness (QED) is 0.423. The van der Waals surface area contributed by atoms with Crippen LogP contribution in [0.3, 0.4) is 0 Å². The summed E-state index contributed by atoms with van der Waals surface area (Å²) in [6.45, 7) is 1.81. The highest BCUT2D eigenvalue weighted by Gasteiger charge is 2.28. The zero-order valence-electron chi connectivity index (χ0n) is 12.8. The maximum absolute atomic E-state index is 12.0. The molecule has 0 aliphatic carbocycles. The molecule has 0 saturated heterocycles. The molecule has 7 nitrogen and oxygen atoms in total. The third-order valence-corrected chi connectivity index (χ3v) is 3.27. The van der Waals surface area contributed by atoms with E-state index in [1.54, 1.807) is 37.3 Å². The number of aliphatic carboxylic acids is 1. The first kappa shape index (κ1) is 18.3. The number of Topliss-reactive ketones (excluding diaryl/α,β-unsaturated/α-hetero) is 1. The van der Waals surface area contributed by atoms with Gasteiger partial charge in [-0.2, -0.15) is 0 Å². The van der Waals surface area contributed by atoms with Crippen molar-refractivity contribution >= 4 is 24.1 Å². The molecular formula is C16H20N2O5. The van der Waals surface area contributed by atoms with Gasteiger partial charge in [0.1, 0.15) is 6.04 Å². The molecule has 2 amide bonds. The minimum atomic E-state index is -1.23. The zero-order chi connectivity index (χ0) is 17.2. The number of carbonyl (C=O) groups excluding carboxylic acids is 3. The number of benzene rings is 1. The Balaban J connectivity index is 2.75. The van der Waals surface area contributed by atoms with Crippen molar-refractivity contribution in [2.75, 3.05) is 0 Å². The molecule has 1 aromatic carbocycles. The zero-order valence-corrected chi connectivity index (χ0v) is 12.8. The second-order valence-corrected chi connectivity index (χ2v) is 5.04. The minimum Gasteiger partial charge on any atom is -0.480 e. The van der Waals surface area contributed by atoms with Crippen LogP contribution in [0.4, 0.5) is 0 Å². The molecule has 7 heteroatoms. The summed E-state index contributed by atoms with van der Waals surface area (Å²) in [6, 6.07) is 6.62. The van der Waals surface area contributed by atoms with Crippen molar-refractivity contribution < 1.29 is 24.3 Å². The van der Waals surface area contributed by atoms with Crippen molar-refractivity contribution in [3.63, 3.8) is 0 Å². The third-order valence-electron chi connectivity index (χ3n) is 3.27. The normalized spacial score (nSPS) is 12.7. The molecule has 0 aliphatic heterocycles. The summed E-state index contributed by atoms with van der Waals surface area (Å²) in [5, 5.41) is 13.7. The molecule has 0 heterocycles. The Morgan fingerprint density at radius 2 is 1.83 bits per heavy atom. The molecule has 3 N–H and O–H groups in total. The van der Waals surface area contributed by atoms with Crippen LogP contribution in [-0.2, 0) is 25.6 Å². The van der Waals surface area contributed by atoms with Crippen LogP contribution in [0, 0.1) is 0 Å². The van der Waals surface area contributed by atoms with E-state index in [0.717, 1.165) is 5.56 Å². The topological polar surface area (TPSA) is 113 Å². The van der Waals surface area contributed by atoms with Crippen molar-refractivity contribution in [3.8, 4) is 0 Å². The Morgan fingerprint density at radius 1 is 1.17 bits per heavy atom. The van der Waals surface area contributed by atoms with Crippen LogP contribution >= 0.6 is 0 Å². The number of ketones is 1. The standard InChI is InChI=1S/C16H20N2O5/c1-2-6-12(17-10-19)14(20)15(21)18-13(16(22)23)9-11-7-4-3-5-8-11/h3-5,7-8,10,12-13H,2,6,9H2,1H3,(H,17,19)(H,18,21)(H,22,23)/t12?,13-/m1/s1. The van der Waals surface area contributed by atoms with Crippen LogP contribution < -0.4 is 10.6 Å². The van der Waals surface area contributed by atoms with Crippen LogP contribution in [0.5, 0.6) is 0 Å². The lowest BCUT2D eigenvalue weighted by Crippen LogP contribution is -2.50. The van der Waals surface area contributed by atoms with Crippen LogP contribution in [0.2, 0.25) is 0 Å². The lowest BCUT2D eigenvalue weighted by Gasteiger charge is -2.17. The first-order chi connectivity index (χ1) is 11.0. The van der Waals surface area contributed by atoms with Gasteiger partial charge in [0.2, 0.25) is 12.2 Å². The Bertz CT molecular complexity index is 559. The van der Waals surface area contributed by atoms with Gasteiger partial charge >= 0.3 is 5.97 Å². The van der Waals surface area contributed by atoms with Crippen molar-refractivity contribution in [2.24, 2.45) is 0 Å². The van der Waals surface area contributed by atoms with Crippen molar-refractivity contribution in [1.82, 2.24) is 10.6 Å². The first-order valence-electron chi connectivity index (χ1n) is 7.30. The molecule has 0 aromatic heterocycles. The van der Waals surface area contributed by atoms with Gasteiger partial charge in [0.05, 0.1) is 6.04 Å². The van der Waals surface area contributed by atoms with Crippen LogP contribution in [0.25, 0.3) is 0 Å². The highest BCUT2D eigenvalue weighted by molar-refractivity contribution is 6.38. The van der Waals surface area contributed by atoms with E-state index in [-0.39, 0.29) is 6.42 Å². The number of rotatable bonds is 10. The maximum atomic E-state index is 12.0. The Labute approximate surface area is 134 Å². The number of hydrogen-bond acceptors (Lipinski definition) is 4. The highest BCUT2D eigenvalue weighted by atomic mass is 16.4. The summed E-state index contributed by atoms with van der Waals surface area (Å²) < 4.78 is 0. The average Bonchev–Trinajstić information content (AvgIpc) is 2.54. The van der Waals surface area contributed by atoms with Crippen molar-refractivity contribution in [1.29, 1.82) is 0 Å². The SMILES string of the molecule is CCCC(NC=O)C(=O)C(=O)N[C@H](Cc1ccccc1)C(=O)O. The minimum absolute atomic E-state index is 0.0642. The van der Waals surface area contributed by atoms with Gasteiger partial charge in [-0.15, -0.1) is 0 Å². The molecule has 23 heavy (non-hydrogen) atoms. The fraction of sp³-hybridized carbons (Fsp3) is 0.375. The van der Waals surface area contributed by atoms with Crippen LogP contribution in [0.15, 0.2) is 30.3 Å².